The summed E-state index contributed by atoms with van der Waals surface area (Å²) >= 11 is 6.20. The third kappa shape index (κ3) is 3.29. The van der Waals surface area contributed by atoms with Crippen LogP contribution in [-0.2, 0) is 6.42 Å². The van der Waals surface area contributed by atoms with Gasteiger partial charge in [-0.25, -0.2) is 9.97 Å². The molecule has 0 fully saturated rings. The summed E-state index contributed by atoms with van der Waals surface area (Å²) in [4.78, 5) is 8.95. The molecule has 0 N–H and O–H groups in total. The van der Waals surface area contributed by atoms with Crippen molar-refractivity contribution in [3.8, 4) is 11.3 Å². The Bertz CT molecular complexity index is 754. The smallest absolute Gasteiger partial charge is 0.150 e. The van der Waals surface area contributed by atoms with Gasteiger partial charge in [-0.2, -0.15) is 0 Å². The molecule has 104 valence electrons. The van der Waals surface area contributed by atoms with Crippen molar-refractivity contribution >= 4 is 11.6 Å². The summed E-state index contributed by atoms with van der Waals surface area (Å²) in [6, 6.07) is 18.4. The van der Waals surface area contributed by atoms with Crippen LogP contribution < -0.4 is 0 Å². The van der Waals surface area contributed by atoms with Crippen LogP contribution in [0, 0.1) is 6.92 Å². The first kappa shape index (κ1) is 13.8. The zero-order chi connectivity index (χ0) is 14.7. The summed E-state index contributed by atoms with van der Waals surface area (Å²) < 4.78 is 0. The Morgan fingerprint density at radius 3 is 2.57 bits per heavy atom. The summed E-state index contributed by atoms with van der Waals surface area (Å²) in [6.45, 7) is 2.08. The molecule has 3 heteroatoms. The average molecular weight is 295 g/mol. The molecule has 21 heavy (non-hydrogen) atoms. The molecule has 0 spiro atoms. The van der Waals surface area contributed by atoms with Crippen LogP contribution in [0.2, 0.25) is 5.15 Å². The van der Waals surface area contributed by atoms with E-state index in [1.807, 2.05) is 36.4 Å². The minimum Gasteiger partial charge on any atom is -0.248 e. The van der Waals surface area contributed by atoms with E-state index in [1.165, 1.54) is 11.1 Å². The SMILES string of the molecule is Cc1cccc(Cc2nc(-c3ccccc3)cnc2Cl)c1. The Morgan fingerprint density at radius 1 is 1.00 bits per heavy atom. The van der Waals surface area contributed by atoms with Crippen LogP contribution in [0.4, 0.5) is 0 Å². The Balaban J connectivity index is 1.95. The Labute approximate surface area is 129 Å². The van der Waals surface area contributed by atoms with E-state index in [9.17, 15) is 0 Å². The van der Waals surface area contributed by atoms with Gasteiger partial charge >= 0.3 is 0 Å². The van der Waals surface area contributed by atoms with E-state index >= 15 is 0 Å². The third-order valence-electron chi connectivity index (χ3n) is 3.32. The van der Waals surface area contributed by atoms with Gasteiger partial charge in [0.2, 0.25) is 0 Å². The van der Waals surface area contributed by atoms with Crippen LogP contribution in [0.15, 0.2) is 60.8 Å². The molecule has 0 unspecified atom stereocenters. The van der Waals surface area contributed by atoms with Crippen molar-refractivity contribution in [2.45, 2.75) is 13.3 Å². The maximum atomic E-state index is 6.20. The van der Waals surface area contributed by atoms with Gasteiger partial charge in [0.15, 0.2) is 5.15 Å². The van der Waals surface area contributed by atoms with Crippen LogP contribution in [0.1, 0.15) is 16.8 Å². The number of hydrogen-bond donors (Lipinski definition) is 0. The fraction of sp³-hybridized carbons (Fsp3) is 0.111. The van der Waals surface area contributed by atoms with Crippen LogP contribution in [0.3, 0.4) is 0 Å². The molecule has 0 aliphatic rings. The van der Waals surface area contributed by atoms with E-state index in [-0.39, 0.29) is 0 Å². The Morgan fingerprint density at radius 2 is 1.81 bits per heavy atom. The van der Waals surface area contributed by atoms with Crippen molar-refractivity contribution in [2.24, 2.45) is 0 Å². The number of halogens is 1. The lowest BCUT2D eigenvalue weighted by atomic mass is 10.1. The molecule has 0 radical (unpaired) electrons. The molecule has 3 aromatic rings. The minimum absolute atomic E-state index is 0.469. The molecule has 0 aliphatic carbocycles. The van der Waals surface area contributed by atoms with E-state index in [0.29, 0.717) is 11.6 Å². The van der Waals surface area contributed by atoms with E-state index in [0.717, 1.165) is 17.0 Å². The fourth-order valence-electron chi connectivity index (χ4n) is 2.29. The molecule has 1 heterocycles. The third-order valence-corrected chi connectivity index (χ3v) is 3.63. The topological polar surface area (TPSA) is 25.8 Å². The van der Waals surface area contributed by atoms with Gasteiger partial charge < -0.3 is 0 Å². The molecule has 2 nitrogen and oxygen atoms in total. The maximum absolute atomic E-state index is 6.20. The van der Waals surface area contributed by atoms with Gasteiger partial charge in [-0.15, -0.1) is 0 Å². The maximum Gasteiger partial charge on any atom is 0.150 e. The van der Waals surface area contributed by atoms with E-state index in [2.05, 4.69) is 35.1 Å². The van der Waals surface area contributed by atoms with E-state index in [1.54, 1.807) is 6.20 Å². The number of aromatic nitrogens is 2. The second-order valence-electron chi connectivity index (χ2n) is 5.02. The van der Waals surface area contributed by atoms with Crippen molar-refractivity contribution in [3.63, 3.8) is 0 Å². The van der Waals surface area contributed by atoms with Crippen molar-refractivity contribution in [1.29, 1.82) is 0 Å². The normalized spacial score (nSPS) is 10.6. The molecule has 0 bridgehead atoms. The largest absolute Gasteiger partial charge is 0.248 e. The Kier molecular flexibility index (Phi) is 3.98. The van der Waals surface area contributed by atoms with Gasteiger partial charge in [-0.3, -0.25) is 0 Å². The summed E-state index contributed by atoms with van der Waals surface area (Å²) in [5.74, 6) is 0. The monoisotopic (exact) mass is 294 g/mol. The lowest BCUT2D eigenvalue weighted by Crippen LogP contribution is -1.98. The second-order valence-corrected chi connectivity index (χ2v) is 5.38. The average Bonchev–Trinajstić information content (AvgIpc) is 2.50. The summed E-state index contributed by atoms with van der Waals surface area (Å²) in [5.41, 5.74) is 5.13. The highest BCUT2D eigenvalue weighted by Crippen LogP contribution is 2.21. The van der Waals surface area contributed by atoms with E-state index < -0.39 is 0 Å². The summed E-state index contributed by atoms with van der Waals surface area (Å²) in [6.07, 6.45) is 2.41. The van der Waals surface area contributed by atoms with Gasteiger partial charge in [0, 0.05) is 12.0 Å². The molecule has 3 rings (SSSR count). The highest BCUT2D eigenvalue weighted by Gasteiger charge is 2.08. The fourth-order valence-corrected chi connectivity index (χ4v) is 2.45. The van der Waals surface area contributed by atoms with Gasteiger partial charge in [0.25, 0.3) is 0 Å². The van der Waals surface area contributed by atoms with Gasteiger partial charge in [-0.1, -0.05) is 71.8 Å². The van der Waals surface area contributed by atoms with Gasteiger partial charge in [0.1, 0.15) is 0 Å². The molecule has 0 atom stereocenters. The molecular weight excluding hydrogens is 280 g/mol. The highest BCUT2D eigenvalue weighted by atomic mass is 35.5. The molecule has 2 aromatic carbocycles. The lowest BCUT2D eigenvalue weighted by Gasteiger charge is -2.07. The van der Waals surface area contributed by atoms with Crippen molar-refractivity contribution in [1.82, 2.24) is 9.97 Å². The lowest BCUT2D eigenvalue weighted by molar-refractivity contribution is 1.03. The van der Waals surface area contributed by atoms with Gasteiger partial charge in [-0.05, 0) is 12.5 Å². The van der Waals surface area contributed by atoms with Crippen molar-refractivity contribution < 1.29 is 0 Å². The number of rotatable bonds is 3. The molecule has 0 saturated heterocycles. The van der Waals surface area contributed by atoms with Gasteiger partial charge in [0.05, 0.1) is 17.6 Å². The van der Waals surface area contributed by atoms with E-state index in [4.69, 9.17) is 11.6 Å². The number of hydrogen-bond acceptors (Lipinski definition) is 2. The standard InChI is InChI=1S/C18H15ClN2/c1-13-6-5-7-14(10-13)11-16-18(19)20-12-17(21-16)15-8-3-2-4-9-15/h2-10,12H,11H2,1H3. The van der Waals surface area contributed by atoms with Crippen molar-refractivity contribution in [2.75, 3.05) is 0 Å². The molecule has 0 saturated carbocycles. The minimum atomic E-state index is 0.469. The molecule has 0 aliphatic heterocycles. The first-order valence-electron chi connectivity index (χ1n) is 6.85. The highest BCUT2D eigenvalue weighted by molar-refractivity contribution is 6.30. The number of aryl methyl sites for hydroxylation is 1. The first-order valence-corrected chi connectivity index (χ1v) is 7.22. The number of nitrogens with zero attached hydrogens (tertiary/aromatic N) is 2. The molecule has 0 amide bonds. The summed E-state index contributed by atoms with van der Waals surface area (Å²) in [5, 5.41) is 0.469. The van der Waals surface area contributed by atoms with Crippen LogP contribution in [0.5, 0.6) is 0 Å². The Hall–Kier alpha value is -2.19. The molecular formula is C18H15ClN2. The molecule has 1 aromatic heterocycles. The van der Waals surface area contributed by atoms with Crippen LogP contribution in [0.25, 0.3) is 11.3 Å². The van der Waals surface area contributed by atoms with Crippen LogP contribution in [-0.4, -0.2) is 9.97 Å². The second kappa shape index (κ2) is 6.06. The zero-order valence-corrected chi connectivity index (χ0v) is 12.5. The summed E-state index contributed by atoms with van der Waals surface area (Å²) in [7, 11) is 0. The first-order chi connectivity index (χ1) is 10.2. The zero-order valence-electron chi connectivity index (χ0n) is 11.8. The quantitative estimate of drug-likeness (QED) is 0.700. The predicted octanol–water partition coefficient (Wildman–Crippen LogP) is 4.70. The van der Waals surface area contributed by atoms with Crippen LogP contribution >= 0.6 is 11.6 Å². The van der Waals surface area contributed by atoms with Crippen molar-refractivity contribution in [3.05, 3.63) is 82.8 Å². The number of benzene rings is 2. The predicted molar refractivity (Wildman–Crippen MR) is 86.5 cm³/mol.